The van der Waals surface area contributed by atoms with Crippen LogP contribution in [0.5, 0.6) is 0 Å². The molecule has 1 aromatic carbocycles. The fourth-order valence-corrected chi connectivity index (χ4v) is 1.11. The number of benzene rings is 1. The molecule has 1 aromatic rings. The first-order valence-corrected chi connectivity index (χ1v) is 5.46. The maximum absolute atomic E-state index is 10.3. The van der Waals surface area contributed by atoms with Gasteiger partial charge in [0, 0.05) is 19.8 Å². The molecule has 0 atom stereocenters. The van der Waals surface area contributed by atoms with E-state index in [1.807, 2.05) is 19.0 Å². The zero-order valence-corrected chi connectivity index (χ0v) is 12.1. The molecule has 0 heterocycles. The molecule has 6 nitrogen and oxygen atoms in total. The summed E-state index contributed by atoms with van der Waals surface area (Å²) in [5.74, 6) is 0. The van der Waals surface area contributed by atoms with Crippen molar-refractivity contribution >= 4 is 21.7 Å². The molecule has 0 bridgehead atoms. The third-order valence-corrected chi connectivity index (χ3v) is 1.91. The van der Waals surface area contributed by atoms with Crippen molar-refractivity contribution in [1.29, 1.82) is 0 Å². The maximum atomic E-state index is 10.3. The van der Waals surface area contributed by atoms with Crippen molar-refractivity contribution in [2.75, 3.05) is 19.0 Å². The Morgan fingerprint density at radius 1 is 1.19 bits per heavy atom. The molecule has 0 saturated heterocycles. The standard InChI is InChI=1S/C8H11N3O3S.Na/c1-11(2)8-5-3-7(4-6-8)9-10-15(12,13)14;/h3-6H,1-2H3,(H,12,13,14);/q;+1. The van der Waals surface area contributed by atoms with Gasteiger partial charge in [0.1, 0.15) is 0 Å². The molecule has 0 spiro atoms. The van der Waals surface area contributed by atoms with Crippen LogP contribution in [0.2, 0.25) is 0 Å². The Balaban J connectivity index is 0.00000225. The summed E-state index contributed by atoms with van der Waals surface area (Å²) in [7, 11) is -0.634. The Kier molecular flexibility index (Phi) is 6.13. The maximum Gasteiger partial charge on any atom is 1.00 e. The van der Waals surface area contributed by atoms with Gasteiger partial charge < -0.3 is 4.90 Å². The molecule has 8 heteroatoms. The molecule has 0 amide bonds. The second kappa shape index (κ2) is 6.31. The van der Waals surface area contributed by atoms with Gasteiger partial charge in [-0.3, -0.25) is 4.55 Å². The van der Waals surface area contributed by atoms with Gasteiger partial charge in [-0.1, -0.05) is 0 Å². The Bertz CT molecular complexity index is 456. The predicted molar refractivity (Wildman–Crippen MR) is 56.8 cm³/mol. The van der Waals surface area contributed by atoms with Gasteiger partial charge in [0.25, 0.3) is 0 Å². The molecule has 16 heavy (non-hydrogen) atoms. The molecule has 0 fully saturated rings. The molecule has 0 aliphatic rings. The van der Waals surface area contributed by atoms with Gasteiger partial charge in [0.15, 0.2) is 0 Å². The normalized spacial score (nSPS) is 11.2. The van der Waals surface area contributed by atoms with Gasteiger partial charge in [-0.25, -0.2) is 0 Å². The quantitative estimate of drug-likeness (QED) is 0.409. The largest absolute Gasteiger partial charge is 1.00 e. The molecule has 0 aliphatic heterocycles. The van der Waals surface area contributed by atoms with Gasteiger partial charge in [-0.15, -0.1) is 5.11 Å². The van der Waals surface area contributed by atoms with Crippen LogP contribution in [0.25, 0.3) is 0 Å². The Labute approximate surface area is 117 Å². The van der Waals surface area contributed by atoms with Crippen LogP contribution >= 0.6 is 0 Å². The number of hydrogen-bond acceptors (Lipinski definition) is 4. The van der Waals surface area contributed by atoms with Crippen LogP contribution in [0.4, 0.5) is 11.4 Å². The molecule has 1 rings (SSSR count). The van der Waals surface area contributed by atoms with Gasteiger partial charge in [0.05, 0.1) is 5.69 Å². The summed E-state index contributed by atoms with van der Waals surface area (Å²) >= 11 is 0. The van der Waals surface area contributed by atoms with E-state index in [4.69, 9.17) is 4.55 Å². The SMILES string of the molecule is CN(C)c1ccc(N=NS(=O)(=O)O)cc1.[Na+]. The van der Waals surface area contributed by atoms with Crippen LogP contribution in [-0.2, 0) is 10.3 Å². The van der Waals surface area contributed by atoms with E-state index >= 15 is 0 Å². The molecule has 0 radical (unpaired) electrons. The van der Waals surface area contributed by atoms with E-state index in [2.05, 4.69) is 9.63 Å². The number of nitrogens with zero attached hydrogens (tertiary/aromatic N) is 3. The van der Waals surface area contributed by atoms with Gasteiger partial charge in [-0.05, 0) is 28.8 Å². The third kappa shape index (κ3) is 5.57. The minimum absolute atomic E-state index is 0. The van der Waals surface area contributed by atoms with Crippen LogP contribution in [0.1, 0.15) is 0 Å². The summed E-state index contributed by atoms with van der Waals surface area (Å²) in [6.07, 6.45) is 0. The van der Waals surface area contributed by atoms with Gasteiger partial charge in [0.2, 0.25) is 0 Å². The first-order valence-electron chi connectivity index (χ1n) is 4.06. The van der Waals surface area contributed by atoms with E-state index in [9.17, 15) is 8.42 Å². The van der Waals surface area contributed by atoms with Crippen molar-refractivity contribution in [3.05, 3.63) is 24.3 Å². The molecular formula is C8H11N3NaO3S+. The zero-order chi connectivity index (χ0) is 11.5. The summed E-state index contributed by atoms with van der Waals surface area (Å²) in [5.41, 5.74) is 1.32. The summed E-state index contributed by atoms with van der Waals surface area (Å²) in [4.78, 5) is 1.89. The topological polar surface area (TPSA) is 82.3 Å². The second-order valence-electron chi connectivity index (χ2n) is 3.04. The fraction of sp³-hybridized carbons (Fsp3) is 0.250. The monoisotopic (exact) mass is 252 g/mol. The number of rotatable bonds is 3. The van der Waals surface area contributed by atoms with Crippen LogP contribution < -0.4 is 34.5 Å². The minimum atomic E-state index is -4.40. The van der Waals surface area contributed by atoms with Crippen molar-refractivity contribution in [1.82, 2.24) is 0 Å². The first-order chi connectivity index (χ1) is 6.88. The number of anilines is 1. The van der Waals surface area contributed by atoms with Crippen molar-refractivity contribution < 1.29 is 42.5 Å². The molecule has 0 saturated carbocycles. The first kappa shape index (κ1) is 15.5. The van der Waals surface area contributed by atoms with E-state index in [-0.39, 0.29) is 29.6 Å². The van der Waals surface area contributed by atoms with Gasteiger partial charge >= 0.3 is 39.9 Å². The van der Waals surface area contributed by atoms with E-state index in [1.54, 1.807) is 24.3 Å². The minimum Gasteiger partial charge on any atom is -0.378 e. The molecule has 82 valence electrons. The van der Waals surface area contributed by atoms with E-state index in [0.29, 0.717) is 5.69 Å². The predicted octanol–water partition coefficient (Wildman–Crippen LogP) is -1.36. The molecule has 1 N–H and O–H groups in total. The summed E-state index contributed by atoms with van der Waals surface area (Å²) in [6, 6.07) is 6.73. The Hall–Kier alpha value is -0.470. The van der Waals surface area contributed by atoms with Crippen molar-refractivity contribution in [2.45, 2.75) is 0 Å². The molecular weight excluding hydrogens is 241 g/mol. The number of hydrogen-bond donors (Lipinski definition) is 1. The van der Waals surface area contributed by atoms with E-state index in [0.717, 1.165) is 5.69 Å². The average Bonchev–Trinajstić information content (AvgIpc) is 2.14. The summed E-state index contributed by atoms with van der Waals surface area (Å²) in [6.45, 7) is 0. The average molecular weight is 252 g/mol. The summed E-state index contributed by atoms with van der Waals surface area (Å²) < 4.78 is 31.6. The van der Waals surface area contributed by atoms with Crippen LogP contribution in [0, 0.1) is 0 Å². The Morgan fingerprint density at radius 3 is 2.06 bits per heavy atom. The third-order valence-electron chi connectivity index (χ3n) is 1.63. The van der Waals surface area contributed by atoms with E-state index < -0.39 is 10.3 Å². The second-order valence-corrected chi connectivity index (χ2v) is 4.10. The van der Waals surface area contributed by atoms with Crippen molar-refractivity contribution in [3.63, 3.8) is 0 Å². The molecule has 0 aliphatic carbocycles. The van der Waals surface area contributed by atoms with Crippen molar-refractivity contribution in [3.8, 4) is 0 Å². The van der Waals surface area contributed by atoms with Crippen molar-refractivity contribution in [2.24, 2.45) is 9.63 Å². The van der Waals surface area contributed by atoms with Gasteiger partial charge in [-0.2, -0.15) is 8.42 Å². The zero-order valence-electron chi connectivity index (χ0n) is 9.32. The van der Waals surface area contributed by atoms with Crippen LogP contribution in [0.15, 0.2) is 33.9 Å². The smallest absolute Gasteiger partial charge is 0.378 e. The van der Waals surface area contributed by atoms with E-state index in [1.165, 1.54) is 0 Å². The molecule has 0 aromatic heterocycles. The van der Waals surface area contributed by atoms with Crippen LogP contribution in [-0.4, -0.2) is 27.1 Å². The van der Waals surface area contributed by atoms with Crippen LogP contribution in [0.3, 0.4) is 0 Å². The Morgan fingerprint density at radius 2 is 1.69 bits per heavy atom. The summed E-state index contributed by atoms with van der Waals surface area (Å²) in [5, 5.41) is 3.35. The molecule has 0 unspecified atom stereocenters. The fourth-order valence-electron chi connectivity index (χ4n) is 0.916.